The molecule has 7 nitrogen and oxygen atoms in total. The lowest BCUT2D eigenvalue weighted by atomic mass is 10.0. The number of hydrogen-bond acceptors (Lipinski definition) is 4. The number of hydrogen-bond donors (Lipinski definition) is 1. The van der Waals surface area contributed by atoms with Crippen molar-refractivity contribution in [1.82, 2.24) is 4.90 Å². The molecule has 112 valence electrons. The van der Waals surface area contributed by atoms with Gasteiger partial charge in [-0.25, -0.2) is 4.79 Å². The second kappa shape index (κ2) is 6.21. The van der Waals surface area contributed by atoms with E-state index < -0.39 is 22.8 Å². The van der Waals surface area contributed by atoms with Crippen LogP contribution in [-0.4, -0.2) is 39.4 Å². The van der Waals surface area contributed by atoms with Crippen LogP contribution in [0.2, 0.25) is 0 Å². The summed E-state index contributed by atoms with van der Waals surface area (Å²) in [6.45, 7) is 0.347. The molecule has 1 aromatic carbocycles. The Kier molecular flexibility index (Phi) is 4.56. The monoisotopic (exact) mass is 356 g/mol. The summed E-state index contributed by atoms with van der Waals surface area (Å²) in [4.78, 5) is 35.2. The van der Waals surface area contributed by atoms with Gasteiger partial charge in [0.05, 0.1) is 9.40 Å². The molecule has 8 heteroatoms. The molecule has 0 aromatic heterocycles. The molecule has 0 bridgehead atoms. The number of carboxylic acids is 1. The van der Waals surface area contributed by atoms with Gasteiger partial charge in [-0.15, -0.1) is 0 Å². The van der Waals surface area contributed by atoms with Crippen molar-refractivity contribution in [3.63, 3.8) is 0 Å². The number of carboxylic acid groups (broad SMARTS) is 1. The molecule has 1 aromatic rings. The number of likely N-dealkylation sites (tertiary alicyclic amines) is 1. The second-order valence-corrected chi connectivity index (χ2v) is 5.63. The van der Waals surface area contributed by atoms with Crippen molar-refractivity contribution in [2.75, 3.05) is 6.54 Å². The summed E-state index contributed by atoms with van der Waals surface area (Å²) in [5.74, 6) is -1.53. The van der Waals surface area contributed by atoms with Gasteiger partial charge in [0.2, 0.25) is 0 Å². The predicted molar refractivity (Wildman–Crippen MR) is 77.1 cm³/mol. The molecule has 0 radical (unpaired) electrons. The highest BCUT2D eigenvalue weighted by Gasteiger charge is 2.33. The number of piperidine rings is 1. The van der Waals surface area contributed by atoms with Crippen molar-refractivity contribution in [3.05, 3.63) is 38.3 Å². The Morgan fingerprint density at radius 3 is 2.71 bits per heavy atom. The van der Waals surface area contributed by atoms with Gasteiger partial charge in [-0.2, -0.15) is 0 Å². The molecule has 21 heavy (non-hydrogen) atoms. The number of benzene rings is 1. The van der Waals surface area contributed by atoms with Gasteiger partial charge in [0.1, 0.15) is 6.04 Å². The lowest BCUT2D eigenvalue weighted by Crippen LogP contribution is -2.47. The van der Waals surface area contributed by atoms with Crippen LogP contribution in [0.1, 0.15) is 29.6 Å². The number of halogens is 1. The number of aliphatic carboxylic acids is 1. The molecule has 1 amide bonds. The number of nitro benzene ring substituents is 1. The standard InChI is InChI=1S/C13H13BrN2O5/c14-9-5-4-8(7-11(9)16(20)21)12(17)15-6-2-1-3-10(15)13(18)19/h4-5,7,10H,1-3,6H2,(H,18,19)/t10-/m1/s1. The first-order valence-electron chi connectivity index (χ1n) is 6.39. The summed E-state index contributed by atoms with van der Waals surface area (Å²) in [6.07, 6.45) is 1.88. The SMILES string of the molecule is O=C(O)[C@H]1CCCCN1C(=O)c1ccc(Br)c([N+](=O)[O-])c1. The van der Waals surface area contributed by atoms with Gasteiger partial charge in [-0.1, -0.05) is 0 Å². The van der Waals surface area contributed by atoms with E-state index in [2.05, 4.69) is 15.9 Å². The Balaban J connectivity index is 2.32. The van der Waals surface area contributed by atoms with Gasteiger partial charge in [0.25, 0.3) is 11.6 Å². The summed E-state index contributed by atoms with van der Waals surface area (Å²) >= 11 is 3.05. The Labute approximate surface area is 128 Å². The third-order valence-electron chi connectivity index (χ3n) is 3.44. The van der Waals surface area contributed by atoms with Crippen LogP contribution in [0.4, 0.5) is 5.69 Å². The molecule has 1 fully saturated rings. The van der Waals surface area contributed by atoms with E-state index in [1.165, 1.54) is 23.1 Å². The highest BCUT2D eigenvalue weighted by molar-refractivity contribution is 9.10. The fourth-order valence-corrected chi connectivity index (χ4v) is 2.77. The van der Waals surface area contributed by atoms with Gasteiger partial charge in [-0.3, -0.25) is 14.9 Å². The normalized spacial score (nSPS) is 18.3. The number of rotatable bonds is 3. The minimum absolute atomic E-state index is 0.123. The van der Waals surface area contributed by atoms with Gasteiger partial charge >= 0.3 is 5.97 Å². The molecule has 1 N–H and O–H groups in total. The fraction of sp³-hybridized carbons (Fsp3) is 0.385. The average molecular weight is 357 g/mol. The Hall–Kier alpha value is -1.96. The number of nitrogens with zero attached hydrogens (tertiary/aromatic N) is 2. The van der Waals surface area contributed by atoms with E-state index in [0.717, 1.165) is 12.8 Å². The molecule has 0 unspecified atom stereocenters. The van der Waals surface area contributed by atoms with Crippen LogP contribution in [0.25, 0.3) is 0 Å². The summed E-state index contributed by atoms with van der Waals surface area (Å²) in [5.41, 5.74) is -0.0946. The van der Waals surface area contributed by atoms with Crippen molar-refractivity contribution in [2.24, 2.45) is 0 Å². The minimum Gasteiger partial charge on any atom is -0.480 e. The highest BCUT2D eigenvalue weighted by atomic mass is 79.9. The van der Waals surface area contributed by atoms with Gasteiger partial charge in [0, 0.05) is 18.2 Å². The minimum atomic E-state index is -1.05. The van der Waals surface area contributed by atoms with Crippen LogP contribution >= 0.6 is 15.9 Å². The lowest BCUT2D eigenvalue weighted by molar-refractivity contribution is -0.385. The van der Waals surface area contributed by atoms with E-state index >= 15 is 0 Å². The first-order chi connectivity index (χ1) is 9.91. The fourth-order valence-electron chi connectivity index (χ4n) is 2.38. The maximum absolute atomic E-state index is 12.4. The number of amides is 1. The maximum atomic E-state index is 12.4. The van der Waals surface area contributed by atoms with Crippen LogP contribution in [0, 0.1) is 10.1 Å². The largest absolute Gasteiger partial charge is 0.480 e. The zero-order valence-corrected chi connectivity index (χ0v) is 12.6. The van der Waals surface area contributed by atoms with Crippen LogP contribution in [0.15, 0.2) is 22.7 Å². The third-order valence-corrected chi connectivity index (χ3v) is 4.11. The number of carbonyl (C=O) groups is 2. The molecular weight excluding hydrogens is 344 g/mol. The zero-order chi connectivity index (χ0) is 15.6. The van der Waals surface area contributed by atoms with Crippen LogP contribution in [0.3, 0.4) is 0 Å². The summed E-state index contributed by atoms with van der Waals surface area (Å²) < 4.78 is 0.275. The lowest BCUT2D eigenvalue weighted by Gasteiger charge is -2.32. The van der Waals surface area contributed by atoms with Gasteiger partial charge in [0.15, 0.2) is 0 Å². The number of nitro groups is 1. The van der Waals surface area contributed by atoms with E-state index in [-0.39, 0.29) is 15.7 Å². The first-order valence-corrected chi connectivity index (χ1v) is 7.19. The molecule has 1 atom stereocenters. The molecule has 1 saturated heterocycles. The second-order valence-electron chi connectivity index (χ2n) is 4.77. The molecule has 2 rings (SSSR count). The smallest absolute Gasteiger partial charge is 0.326 e. The molecular formula is C13H13BrN2O5. The van der Waals surface area contributed by atoms with Crippen molar-refractivity contribution < 1.29 is 19.6 Å². The molecule has 0 saturated carbocycles. The Morgan fingerprint density at radius 1 is 1.38 bits per heavy atom. The molecule has 1 heterocycles. The van der Waals surface area contributed by atoms with E-state index in [9.17, 15) is 24.8 Å². The Bertz CT molecular complexity index is 604. The first kappa shape index (κ1) is 15.4. The highest BCUT2D eigenvalue weighted by Crippen LogP contribution is 2.27. The van der Waals surface area contributed by atoms with Crippen molar-refractivity contribution in [3.8, 4) is 0 Å². The van der Waals surface area contributed by atoms with Gasteiger partial charge < -0.3 is 10.0 Å². The zero-order valence-electron chi connectivity index (χ0n) is 11.0. The molecule has 0 aliphatic carbocycles. The third kappa shape index (κ3) is 3.21. The van der Waals surface area contributed by atoms with E-state index in [4.69, 9.17) is 0 Å². The van der Waals surface area contributed by atoms with E-state index in [1.54, 1.807) is 0 Å². The van der Waals surface area contributed by atoms with E-state index in [1.807, 2.05) is 0 Å². The predicted octanol–water partition coefficient (Wildman–Crippen LogP) is 2.44. The van der Waals surface area contributed by atoms with Crippen molar-refractivity contribution in [1.29, 1.82) is 0 Å². The van der Waals surface area contributed by atoms with Crippen molar-refractivity contribution in [2.45, 2.75) is 25.3 Å². The van der Waals surface area contributed by atoms with Crippen LogP contribution in [0.5, 0.6) is 0 Å². The summed E-state index contributed by atoms with van der Waals surface area (Å²) in [6, 6.07) is 3.17. The molecule has 1 aliphatic heterocycles. The summed E-state index contributed by atoms with van der Waals surface area (Å²) in [5, 5.41) is 20.1. The summed E-state index contributed by atoms with van der Waals surface area (Å²) in [7, 11) is 0. The average Bonchev–Trinajstić information content (AvgIpc) is 2.46. The number of carbonyl (C=O) groups excluding carboxylic acids is 1. The maximum Gasteiger partial charge on any atom is 0.326 e. The van der Waals surface area contributed by atoms with Crippen molar-refractivity contribution >= 4 is 33.5 Å². The quantitative estimate of drug-likeness (QED) is 0.661. The molecule has 0 spiro atoms. The van der Waals surface area contributed by atoms with Crippen LogP contribution < -0.4 is 0 Å². The Morgan fingerprint density at radius 2 is 2.10 bits per heavy atom. The van der Waals surface area contributed by atoms with E-state index in [0.29, 0.717) is 13.0 Å². The topological polar surface area (TPSA) is 101 Å². The van der Waals surface area contributed by atoms with Crippen LogP contribution in [-0.2, 0) is 4.79 Å². The molecule has 1 aliphatic rings. The van der Waals surface area contributed by atoms with Gasteiger partial charge in [-0.05, 0) is 47.3 Å².